The van der Waals surface area contributed by atoms with Crippen molar-refractivity contribution in [3.63, 3.8) is 0 Å². The van der Waals surface area contributed by atoms with Crippen molar-refractivity contribution in [1.29, 1.82) is 0 Å². The smallest absolute Gasteiger partial charge is 0.287 e. The largest absolute Gasteiger partial charge is 0.451 e. The number of fused-ring (bicyclic) bond motifs is 5. The summed E-state index contributed by atoms with van der Waals surface area (Å²) >= 11 is 0. The molecule has 5 rings (SSSR count). The average molecular weight is 391 g/mol. The minimum absolute atomic E-state index is 0.0233. The van der Waals surface area contributed by atoms with Gasteiger partial charge in [0.1, 0.15) is 5.58 Å². The third-order valence-electron chi connectivity index (χ3n) is 6.03. The number of para-hydroxylation sites is 1. The lowest BCUT2D eigenvalue weighted by Gasteiger charge is -2.43. The van der Waals surface area contributed by atoms with Gasteiger partial charge in [-0.2, -0.15) is 0 Å². The Bertz CT molecular complexity index is 1210. The first kappa shape index (κ1) is 17.9. The monoisotopic (exact) mass is 391 g/mol. The lowest BCUT2D eigenvalue weighted by atomic mass is 9.79. The molecule has 29 heavy (non-hydrogen) atoms. The Morgan fingerprint density at radius 3 is 2.90 bits per heavy atom. The first-order valence-electron chi connectivity index (χ1n) is 9.85. The number of hydrogen-bond acceptors (Lipinski definition) is 5. The molecule has 0 saturated carbocycles. The van der Waals surface area contributed by atoms with Crippen LogP contribution in [0.5, 0.6) is 0 Å². The molecule has 1 saturated heterocycles. The normalized spacial score (nSPS) is 22.8. The van der Waals surface area contributed by atoms with Crippen molar-refractivity contribution in [3.05, 3.63) is 80.6 Å². The number of aromatic nitrogens is 1. The number of carbonyl (C=O) groups excluding carboxylic acids is 1. The summed E-state index contributed by atoms with van der Waals surface area (Å²) in [6, 6.07) is 13.3. The second-order valence-corrected chi connectivity index (χ2v) is 7.76. The summed E-state index contributed by atoms with van der Waals surface area (Å²) in [5, 5.41) is 6.75. The Hall–Kier alpha value is -3.19. The molecule has 0 spiro atoms. The van der Waals surface area contributed by atoms with Crippen LogP contribution in [0, 0.1) is 5.92 Å². The van der Waals surface area contributed by atoms with Gasteiger partial charge in [-0.3, -0.25) is 14.4 Å². The number of piperidine rings is 1. The van der Waals surface area contributed by atoms with E-state index in [4.69, 9.17) is 4.42 Å². The molecular formula is C22H21N3O4. The zero-order valence-electron chi connectivity index (χ0n) is 15.8. The van der Waals surface area contributed by atoms with Crippen LogP contribution in [-0.4, -0.2) is 30.1 Å². The highest BCUT2D eigenvalue weighted by atomic mass is 16.3. The maximum Gasteiger partial charge on any atom is 0.287 e. The zero-order valence-corrected chi connectivity index (χ0v) is 15.8. The molecule has 1 fully saturated rings. The van der Waals surface area contributed by atoms with Crippen LogP contribution in [-0.2, 0) is 0 Å². The third-order valence-corrected chi connectivity index (χ3v) is 6.03. The van der Waals surface area contributed by atoms with Crippen LogP contribution in [0.2, 0.25) is 0 Å². The lowest BCUT2D eigenvalue weighted by molar-refractivity contribution is 0.0905. The SMILES string of the molecule is O=C(NC[C@H]1[C@@H]2CNC[C@@H](C2)c2cccc(=O)n21)c1cc(=O)c2ccccc2o1. The van der Waals surface area contributed by atoms with E-state index >= 15 is 0 Å². The molecule has 4 heterocycles. The summed E-state index contributed by atoms with van der Waals surface area (Å²) in [6.07, 6.45) is 0.988. The predicted molar refractivity (Wildman–Crippen MR) is 108 cm³/mol. The molecule has 2 aliphatic heterocycles. The topological polar surface area (TPSA) is 93.3 Å². The summed E-state index contributed by atoms with van der Waals surface area (Å²) in [7, 11) is 0. The van der Waals surface area contributed by atoms with Gasteiger partial charge in [0.15, 0.2) is 11.2 Å². The lowest BCUT2D eigenvalue weighted by Crippen LogP contribution is -2.50. The molecule has 2 N–H and O–H groups in total. The predicted octanol–water partition coefficient (Wildman–Crippen LogP) is 1.63. The van der Waals surface area contributed by atoms with Crippen molar-refractivity contribution < 1.29 is 9.21 Å². The van der Waals surface area contributed by atoms with Crippen molar-refractivity contribution in [2.75, 3.05) is 19.6 Å². The van der Waals surface area contributed by atoms with E-state index < -0.39 is 5.91 Å². The van der Waals surface area contributed by atoms with Gasteiger partial charge in [0.2, 0.25) is 0 Å². The van der Waals surface area contributed by atoms with E-state index in [-0.39, 0.29) is 28.7 Å². The van der Waals surface area contributed by atoms with E-state index in [1.807, 2.05) is 10.6 Å². The van der Waals surface area contributed by atoms with E-state index in [0.29, 0.717) is 23.4 Å². The van der Waals surface area contributed by atoms with Gasteiger partial charge in [-0.15, -0.1) is 0 Å². The van der Waals surface area contributed by atoms with Crippen molar-refractivity contribution >= 4 is 16.9 Å². The van der Waals surface area contributed by atoms with Crippen LogP contribution in [0.3, 0.4) is 0 Å². The highest BCUT2D eigenvalue weighted by Crippen LogP contribution is 2.38. The Labute approximate surface area is 166 Å². The molecule has 0 aliphatic carbocycles. The van der Waals surface area contributed by atoms with Gasteiger partial charge in [0.05, 0.1) is 11.4 Å². The van der Waals surface area contributed by atoms with Gasteiger partial charge in [-0.05, 0) is 30.5 Å². The Balaban J connectivity index is 1.43. The molecule has 7 nitrogen and oxygen atoms in total. The molecule has 2 aliphatic rings. The summed E-state index contributed by atoms with van der Waals surface area (Å²) in [5.74, 6) is 0.0902. The maximum absolute atomic E-state index is 12.7. The first-order chi connectivity index (χ1) is 14.1. The minimum Gasteiger partial charge on any atom is -0.451 e. The van der Waals surface area contributed by atoms with E-state index in [9.17, 15) is 14.4 Å². The van der Waals surface area contributed by atoms with Gasteiger partial charge in [-0.25, -0.2) is 0 Å². The number of nitrogens with one attached hydrogen (secondary N) is 2. The highest BCUT2D eigenvalue weighted by Gasteiger charge is 2.37. The molecule has 3 atom stereocenters. The van der Waals surface area contributed by atoms with E-state index in [1.165, 1.54) is 6.07 Å². The van der Waals surface area contributed by atoms with E-state index in [2.05, 4.69) is 10.6 Å². The fraction of sp³-hybridized carbons (Fsp3) is 0.318. The minimum atomic E-state index is -0.454. The number of hydrogen-bond donors (Lipinski definition) is 2. The number of amides is 1. The Kier molecular flexibility index (Phi) is 4.32. The zero-order chi connectivity index (χ0) is 20.0. The van der Waals surface area contributed by atoms with E-state index in [0.717, 1.165) is 25.2 Å². The number of pyridine rings is 1. The molecule has 1 aromatic carbocycles. The van der Waals surface area contributed by atoms with Gasteiger partial charge < -0.3 is 19.6 Å². The Morgan fingerprint density at radius 2 is 2.00 bits per heavy atom. The number of nitrogens with zero attached hydrogens (tertiary/aromatic N) is 1. The second kappa shape index (κ2) is 7.00. The van der Waals surface area contributed by atoms with Crippen LogP contribution in [0.25, 0.3) is 11.0 Å². The summed E-state index contributed by atoms with van der Waals surface area (Å²) in [6.45, 7) is 1.97. The van der Waals surface area contributed by atoms with Crippen molar-refractivity contribution in [2.45, 2.75) is 18.4 Å². The Morgan fingerprint density at radius 1 is 1.14 bits per heavy atom. The fourth-order valence-electron chi connectivity index (χ4n) is 4.67. The molecule has 2 aromatic heterocycles. The summed E-state index contributed by atoms with van der Waals surface area (Å²) < 4.78 is 7.46. The van der Waals surface area contributed by atoms with Crippen LogP contribution in [0.15, 0.2) is 62.5 Å². The molecule has 3 aromatic rings. The van der Waals surface area contributed by atoms with Crippen molar-refractivity contribution in [3.8, 4) is 0 Å². The van der Waals surface area contributed by atoms with Crippen LogP contribution >= 0.6 is 0 Å². The second-order valence-electron chi connectivity index (χ2n) is 7.76. The summed E-state index contributed by atoms with van der Waals surface area (Å²) in [4.78, 5) is 37.6. The average Bonchev–Trinajstić information content (AvgIpc) is 2.74. The molecule has 0 radical (unpaired) electrons. The van der Waals surface area contributed by atoms with E-state index in [1.54, 1.807) is 36.4 Å². The van der Waals surface area contributed by atoms with Crippen molar-refractivity contribution in [1.82, 2.24) is 15.2 Å². The van der Waals surface area contributed by atoms with Gasteiger partial charge in [0.25, 0.3) is 11.5 Å². The van der Waals surface area contributed by atoms with Crippen LogP contribution in [0.4, 0.5) is 0 Å². The third kappa shape index (κ3) is 3.07. The van der Waals surface area contributed by atoms with Crippen molar-refractivity contribution in [2.24, 2.45) is 5.92 Å². The summed E-state index contributed by atoms with van der Waals surface area (Å²) in [5.41, 5.74) is 1.09. The maximum atomic E-state index is 12.7. The molecule has 148 valence electrons. The molecule has 7 heteroatoms. The number of benzene rings is 1. The van der Waals surface area contributed by atoms with Crippen LogP contribution < -0.4 is 21.6 Å². The fourth-order valence-corrected chi connectivity index (χ4v) is 4.67. The first-order valence-corrected chi connectivity index (χ1v) is 9.85. The quantitative estimate of drug-likeness (QED) is 0.708. The number of carbonyl (C=O) groups is 1. The van der Waals surface area contributed by atoms with Gasteiger partial charge in [-0.1, -0.05) is 18.2 Å². The molecular weight excluding hydrogens is 370 g/mol. The highest BCUT2D eigenvalue weighted by molar-refractivity contribution is 5.93. The molecule has 0 unspecified atom stereocenters. The number of rotatable bonds is 3. The van der Waals surface area contributed by atoms with Gasteiger partial charge >= 0.3 is 0 Å². The van der Waals surface area contributed by atoms with Gasteiger partial charge in [0, 0.05) is 43.4 Å². The molecule has 1 amide bonds. The standard InChI is InChI=1S/C22H21N3O4/c26-18-9-20(29-19-6-2-1-4-15(18)19)22(28)24-12-17-14-8-13(10-23-11-14)16-5-3-7-21(27)25(16)17/h1-7,9,13-14,17,23H,8,10-12H2,(H,24,28)/t13-,14+,17+/m1/s1. The van der Waals surface area contributed by atoms with Crippen LogP contribution in [0.1, 0.15) is 34.6 Å². The molecule has 2 bridgehead atoms.